The van der Waals surface area contributed by atoms with Crippen molar-refractivity contribution in [2.75, 3.05) is 7.11 Å². The van der Waals surface area contributed by atoms with Gasteiger partial charge in [-0.3, -0.25) is 4.79 Å². The number of benzene rings is 1. The zero-order valence-electron chi connectivity index (χ0n) is 8.27. The maximum Gasteiger partial charge on any atom is 0.313 e. The monoisotopic (exact) mass is 270 g/mol. The number of hydrogen-bond acceptors (Lipinski definition) is 3. The lowest BCUT2D eigenvalue weighted by molar-refractivity contribution is -0.143. The van der Waals surface area contributed by atoms with E-state index >= 15 is 0 Å². The molecule has 1 aromatic rings. The second kappa shape index (κ2) is 5.66. The molecule has 1 unspecified atom stereocenters. The number of halogens is 1. The fourth-order valence-electron chi connectivity index (χ4n) is 1.30. The highest BCUT2D eigenvalue weighted by Crippen LogP contribution is 2.22. The highest BCUT2D eigenvalue weighted by Gasteiger charge is 2.20. The molecule has 80 valence electrons. The number of esters is 1. The van der Waals surface area contributed by atoms with Crippen LogP contribution in [0, 0.1) is 0 Å². The molecule has 0 spiro atoms. The van der Waals surface area contributed by atoms with Crippen LogP contribution in [0.2, 0.25) is 0 Å². The van der Waals surface area contributed by atoms with Crippen LogP contribution in [0.5, 0.6) is 0 Å². The van der Waals surface area contributed by atoms with Crippen molar-refractivity contribution < 1.29 is 14.3 Å². The van der Waals surface area contributed by atoms with Crippen LogP contribution in [-0.4, -0.2) is 19.4 Å². The fourth-order valence-corrected chi connectivity index (χ4v) is 1.57. The molecule has 1 atom stereocenters. The summed E-state index contributed by atoms with van der Waals surface area (Å²) in [5.41, 5.74) is 0.789. The number of ether oxygens (including phenoxy) is 1. The first-order valence-corrected chi connectivity index (χ1v) is 5.25. The highest BCUT2D eigenvalue weighted by atomic mass is 79.9. The van der Waals surface area contributed by atoms with Gasteiger partial charge in [-0.2, -0.15) is 0 Å². The van der Waals surface area contributed by atoms with E-state index in [1.165, 1.54) is 7.11 Å². The number of methoxy groups -OCH3 is 1. The second-order valence-electron chi connectivity index (χ2n) is 3.03. The van der Waals surface area contributed by atoms with E-state index in [-0.39, 0.29) is 12.4 Å². The first kappa shape index (κ1) is 11.9. The van der Waals surface area contributed by atoms with Gasteiger partial charge < -0.3 is 9.53 Å². The van der Waals surface area contributed by atoms with Gasteiger partial charge in [-0.05, 0) is 17.7 Å². The molecule has 0 aliphatic carbocycles. The SMILES string of the molecule is COC(=O)C(CC=O)c1ccc(Br)cc1. The van der Waals surface area contributed by atoms with E-state index in [0.29, 0.717) is 0 Å². The lowest BCUT2D eigenvalue weighted by atomic mass is 9.97. The Morgan fingerprint density at radius 2 is 2.07 bits per heavy atom. The predicted molar refractivity (Wildman–Crippen MR) is 59.6 cm³/mol. The van der Waals surface area contributed by atoms with E-state index in [1.54, 1.807) is 12.1 Å². The zero-order chi connectivity index (χ0) is 11.3. The van der Waals surface area contributed by atoms with E-state index in [4.69, 9.17) is 0 Å². The Balaban J connectivity index is 2.93. The molecule has 0 saturated carbocycles. The van der Waals surface area contributed by atoms with Crippen LogP contribution in [0.1, 0.15) is 17.9 Å². The summed E-state index contributed by atoms with van der Waals surface area (Å²) >= 11 is 3.30. The molecule has 0 aliphatic heterocycles. The van der Waals surface area contributed by atoms with Crippen LogP contribution in [-0.2, 0) is 14.3 Å². The van der Waals surface area contributed by atoms with Crippen molar-refractivity contribution in [3.8, 4) is 0 Å². The Kier molecular flexibility index (Phi) is 4.49. The van der Waals surface area contributed by atoms with Gasteiger partial charge in [0.1, 0.15) is 6.29 Å². The lowest BCUT2D eigenvalue weighted by Gasteiger charge is -2.11. The van der Waals surface area contributed by atoms with Crippen LogP contribution in [0.25, 0.3) is 0 Å². The van der Waals surface area contributed by atoms with E-state index in [9.17, 15) is 9.59 Å². The van der Waals surface area contributed by atoms with Crippen molar-refractivity contribution in [1.82, 2.24) is 0 Å². The Hall–Kier alpha value is -1.16. The van der Waals surface area contributed by atoms with Crippen molar-refractivity contribution in [2.24, 2.45) is 0 Å². The van der Waals surface area contributed by atoms with Gasteiger partial charge in [-0.15, -0.1) is 0 Å². The largest absolute Gasteiger partial charge is 0.469 e. The molecule has 1 aromatic carbocycles. The van der Waals surface area contributed by atoms with Crippen LogP contribution in [0.15, 0.2) is 28.7 Å². The average molecular weight is 271 g/mol. The molecule has 15 heavy (non-hydrogen) atoms. The molecule has 4 heteroatoms. The van der Waals surface area contributed by atoms with Gasteiger partial charge in [0.25, 0.3) is 0 Å². The number of carbonyl (C=O) groups is 2. The maximum atomic E-state index is 11.4. The second-order valence-corrected chi connectivity index (χ2v) is 3.95. The molecule has 0 amide bonds. The number of aldehydes is 1. The molecule has 0 radical (unpaired) electrons. The standard InChI is InChI=1S/C11H11BrO3/c1-15-11(14)10(6-7-13)8-2-4-9(12)5-3-8/h2-5,7,10H,6H2,1H3. The van der Waals surface area contributed by atoms with Crippen LogP contribution in [0.4, 0.5) is 0 Å². The predicted octanol–water partition coefficient (Wildman–Crippen LogP) is 2.29. The summed E-state index contributed by atoms with van der Waals surface area (Å²) in [6.07, 6.45) is 0.873. The summed E-state index contributed by atoms with van der Waals surface area (Å²) < 4.78 is 5.57. The summed E-state index contributed by atoms with van der Waals surface area (Å²) in [5.74, 6) is -0.884. The topological polar surface area (TPSA) is 43.4 Å². The smallest absolute Gasteiger partial charge is 0.313 e. The third-order valence-electron chi connectivity index (χ3n) is 2.09. The van der Waals surface area contributed by atoms with Gasteiger partial charge in [0, 0.05) is 10.9 Å². The molecule has 0 bridgehead atoms. The van der Waals surface area contributed by atoms with Crippen molar-refractivity contribution in [3.63, 3.8) is 0 Å². The van der Waals surface area contributed by atoms with Gasteiger partial charge in [0.15, 0.2) is 0 Å². The molecule has 0 saturated heterocycles. The summed E-state index contributed by atoms with van der Waals surface area (Å²) in [7, 11) is 1.32. The van der Waals surface area contributed by atoms with Crippen molar-refractivity contribution >= 4 is 28.2 Å². The molecular weight excluding hydrogens is 260 g/mol. The highest BCUT2D eigenvalue weighted by molar-refractivity contribution is 9.10. The molecular formula is C11H11BrO3. The number of rotatable bonds is 4. The Morgan fingerprint density at radius 3 is 2.53 bits per heavy atom. The fraction of sp³-hybridized carbons (Fsp3) is 0.273. The minimum Gasteiger partial charge on any atom is -0.469 e. The average Bonchev–Trinajstić information content (AvgIpc) is 2.26. The molecule has 3 nitrogen and oxygen atoms in total. The minimum absolute atomic E-state index is 0.147. The number of hydrogen-bond donors (Lipinski definition) is 0. The molecule has 0 aromatic heterocycles. The van der Waals surface area contributed by atoms with Crippen molar-refractivity contribution in [3.05, 3.63) is 34.3 Å². The normalized spacial score (nSPS) is 11.9. The van der Waals surface area contributed by atoms with Gasteiger partial charge in [0.05, 0.1) is 13.0 Å². The van der Waals surface area contributed by atoms with E-state index in [1.807, 2.05) is 12.1 Å². The zero-order valence-corrected chi connectivity index (χ0v) is 9.86. The summed E-state index contributed by atoms with van der Waals surface area (Å²) in [6.45, 7) is 0. The molecule has 0 fully saturated rings. The molecule has 0 N–H and O–H groups in total. The van der Waals surface area contributed by atoms with Gasteiger partial charge in [0.2, 0.25) is 0 Å². The van der Waals surface area contributed by atoms with Gasteiger partial charge >= 0.3 is 5.97 Å². The van der Waals surface area contributed by atoms with E-state index in [2.05, 4.69) is 20.7 Å². The Morgan fingerprint density at radius 1 is 1.47 bits per heavy atom. The first-order valence-electron chi connectivity index (χ1n) is 4.46. The third kappa shape index (κ3) is 3.16. The Bertz CT molecular complexity index is 345. The van der Waals surface area contributed by atoms with Crippen LogP contribution >= 0.6 is 15.9 Å². The van der Waals surface area contributed by atoms with Gasteiger partial charge in [-0.25, -0.2) is 0 Å². The quantitative estimate of drug-likeness (QED) is 0.623. The van der Waals surface area contributed by atoms with Crippen LogP contribution < -0.4 is 0 Å². The molecule has 0 heterocycles. The number of carbonyl (C=O) groups excluding carboxylic acids is 2. The molecule has 1 rings (SSSR count). The van der Waals surface area contributed by atoms with Crippen molar-refractivity contribution in [2.45, 2.75) is 12.3 Å². The lowest BCUT2D eigenvalue weighted by Crippen LogP contribution is -2.14. The van der Waals surface area contributed by atoms with E-state index < -0.39 is 5.92 Å². The summed E-state index contributed by atoms with van der Waals surface area (Å²) in [5, 5.41) is 0. The minimum atomic E-state index is -0.499. The van der Waals surface area contributed by atoms with Gasteiger partial charge in [-0.1, -0.05) is 28.1 Å². The van der Waals surface area contributed by atoms with Crippen LogP contribution in [0.3, 0.4) is 0 Å². The molecule has 0 aliphatic rings. The summed E-state index contributed by atoms with van der Waals surface area (Å²) in [4.78, 5) is 21.9. The van der Waals surface area contributed by atoms with E-state index in [0.717, 1.165) is 16.3 Å². The third-order valence-corrected chi connectivity index (χ3v) is 2.62. The first-order chi connectivity index (χ1) is 7.19. The summed E-state index contributed by atoms with van der Waals surface area (Å²) in [6, 6.07) is 7.26. The Labute approximate surface area is 96.6 Å². The maximum absolute atomic E-state index is 11.4. The van der Waals surface area contributed by atoms with Crippen molar-refractivity contribution in [1.29, 1.82) is 0 Å².